The first-order valence-corrected chi connectivity index (χ1v) is 9.54. The van der Waals surface area contributed by atoms with Crippen LogP contribution in [-0.2, 0) is 24.2 Å². The SMILES string of the molecule is CCc1nnc(CN2CCOC3(CCN(Cc4ccccn4)CC3)C2)o1. The van der Waals surface area contributed by atoms with Crippen LogP contribution in [0.25, 0.3) is 0 Å². The second kappa shape index (κ2) is 7.82. The van der Waals surface area contributed by atoms with Gasteiger partial charge in [0.15, 0.2) is 0 Å². The molecule has 0 amide bonds. The van der Waals surface area contributed by atoms with Gasteiger partial charge in [-0.15, -0.1) is 10.2 Å². The first-order valence-electron chi connectivity index (χ1n) is 9.54. The largest absolute Gasteiger partial charge is 0.424 e. The topological polar surface area (TPSA) is 67.5 Å². The fourth-order valence-electron chi connectivity index (χ4n) is 3.89. The Bertz CT molecular complexity index is 697. The van der Waals surface area contributed by atoms with Crippen LogP contribution in [-0.4, -0.2) is 63.4 Å². The van der Waals surface area contributed by atoms with Crippen LogP contribution < -0.4 is 0 Å². The van der Waals surface area contributed by atoms with Crippen molar-refractivity contribution >= 4 is 0 Å². The molecule has 2 aliphatic rings. The van der Waals surface area contributed by atoms with E-state index in [1.807, 2.05) is 19.2 Å². The highest BCUT2D eigenvalue weighted by Gasteiger charge is 2.39. The number of nitrogens with zero attached hydrogens (tertiary/aromatic N) is 5. The summed E-state index contributed by atoms with van der Waals surface area (Å²) in [5.41, 5.74) is 1.10. The van der Waals surface area contributed by atoms with Crippen LogP contribution in [0.1, 0.15) is 37.2 Å². The lowest BCUT2D eigenvalue weighted by atomic mass is 9.89. The normalized spacial score (nSPS) is 21.3. The maximum absolute atomic E-state index is 6.25. The van der Waals surface area contributed by atoms with Gasteiger partial charge in [0.2, 0.25) is 11.8 Å². The van der Waals surface area contributed by atoms with Crippen LogP contribution in [0.5, 0.6) is 0 Å². The second-order valence-electron chi connectivity index (χ2n) is 7.28. The molecule has 4 rings (SSSR count). The third-order valence-corrected chi connectivity index (χ3v) is 5.38. The van der Waals surface area contributed by atoms with Gasteiger partial charge in [0.1, 0.15) is 0 Å². The first kappa shape index (κ1) is 17.6. The maximum Gasteiger partial charge on any atom is 0.230 e. The van der Waals surface area contributed by atoms with Crippen molar-refractivity contribution in [2.75, 3.05) is 32.8 Å². The Balaban J connectivity index is 1.31. The van der Waals surface area contributed by atoms with E-state index in [1.165, 1.54) is 0 Å². The zero-order valence-electron chi connectivity index (χ0n) is 15.4. The predicted molar refractivity (Wildman–Crippen MR) is 96.4 cm³/mol. The van der Waals surface area contributed by atoms with Crippen LogP contribution >= 0.6 is 0 Å². The molecule has 7 heteroatoms. The molecule has 4 heterocycles. The van der Waals surface area contributed by atoms with Crippen molar-refractivity contribution in [2.45, 2.75) is 44.9 Å². The fraction of sp³-hybridized carbons (Fsp3) is 0.632. The van der Waals surface area contributed by atoms with Gasteiger partial charge in [-0.25, -0.2) is 0 Å². The number of ether oxygens (including phenoxy) is 1. The molecule has 0 N–H and O–H groups in total. The van der Waals surface area contributed by atoms with Crippen molar-refractivity contribution in [1.82, 2.24) is 25.0 Å². The first-order chi connectivity index (χ1) is 12.7. The van der Waals surface area contributed by atoms with E-state index in [0.29, 0.717) is 11.8 Å². The summed E-state index contributed by atoms with van der Waals surface area (Å²) < 4.78 is 11.9. The molecule has 0 radical (unpaired) electrons. The lowest BCUT2D eigenvalue weighted by Crippen LogP contribution is -2.56. The minimum atomic E-state index is -0.0352. The summed E-state index contributed by atoms with van der Waals surface area (Å²) in [6, 6.07) is 6.11. The highest BCUT2D eigenvalue weighted by Crippen LogP contribution is 2.31. The van der Waals surface area contributed by atoms with Crippen molar-refractivity contribution in [3.05, 3.63) is 41.9 Å². The summed E-state index contributed by atoms with van der Waals surface area (Å²) in [6.45, 7) is 8.39. The average Bonchev–Trinajstić information content (AvgIpc) is 3.12. The molecule has 2 aromatic heterocycles. The highest BCUT2D eigenvalue weighted by molar-refractivity contribution is 5.04. The monoisotopic (exact) mass is 357 g/mol. The fourth-order valence-corrected chi connectivity index (χ4v) is 3.89. The molecule has 140 valence electrons. The quantitative estimate of drug-likeness (QED) is 0.809. The van der Waals surface area contributed by atoms with E-state index < -0.39 is 0 Å². The van der Waals surface area contributed by atoms with Crippen molar-refractivity contribution in [3.8, 4) is 0 Å². The third-order valence-electron chi connectivity index (χ3n) is 5.38. The molecule has 1 spiro atoms. The van der Waals surface area contributed by atoms with E-state index in [1.54, 1.807) is 0 Å². The minimum absolute atomic E-state index is 0.0352. The van der Waals surface area contributed by atoms with Gasteiger partial charge < -0.3 is 9.15 Å². The van der Waals surface area contributed by atoms with Gasteiger partial charge in [-0.2, -0.15) is 0 Å². The van der Waals surface area contributed by atoms with Gasteiger partial charge in [0.25, 0.3) is 0 Å². The molecule has 2 saturated heterocycles. The molecular formula is C19H27N5O2. The summed E-state index contributed by atoms with van der Waals surface area (Å²) in [5.74, 6) is 1.43. The summed E-state index contributed by atoms with van der Waals surface area (Å²) in [4.78, 5) is 9.31. The van der Waals surface area contributed by atoms with E-state index in [2.05, 4.69) is 37.1 Å². The number of likely N-dealkylation sites (tertiary alicyclic amines) is 1. The maximum atomic E-state index is 6.25. The number of piperidine rings is 1. The van der Waals surface area contributed by atoms with Gasteiger partial charge in [-0.05, 0) is 25.0 Å². The summed E-state index contributed by atoms with van der Waals surface area (Å²) in [5, 5.41) is 8.23. The Hall–Kier alpha value is -1.83. The smallest absolute Gasteiger partial charge is 0.230 e. The number of aryl methyl sites for hydroxylation is 1. The zero-order valence-corrected chi connectivity index (χ0v) is 15.4. The second-order valence-corrected chi connectivity index (χ2v) is 7.28. The molecule has 0 unspecified atom stereocenters. The molecule has 0 aliphatic carbocycles. The lowest BCUT2D eigenvalue weighted by Gasteiger charge is -2.47. The van der Waals surface area contributed by atoms with Crippen LogP contribution in [0, 0.1) is 0 Å². The van der Waals surface area contributed by atoms with Gasteiger partial charge in [0.05, 0.1) is 24.4 Å². The Morgan fingerprint density at radius 2 is 1.88 bits per heavy atom. The molecule has 0 saturated carbocycles. The summed E-state index contributed by atoms with van der Waals surface area (Å²) in [6.07, 6.45) is 4.76. The number of pyridine rings is 1. The number of hydrogen-bond donors (Lipinski definition) is 0. The Morgan fingerprint density at radius 1 is 1.04 bits per heavy atom. The van der Waals surface area contributed by atoms with Crippen LogP contribution in [0.4, 0.5) is 0 Å². The standard InChI is InChI=1S/C19H27N5O2/c1-2-17-21-22-18(26-17)14-24-11-12-25-19(15-24)6-9-23(10-7-19)13-16-5-3-4-8-20-16/h3-5,8H,2,6-7,9-15H2,1H3. The molecule has 2 aliphatic heterocycles. The molecule has 7 nitrogen and oxygen atoms in total. The number of hydrogen-bond acceptors (Lipinski definition) is 7. The molecule has 26 heavy (non-hydrogen) atoms. The van der Waals surface area contributed by atoms with Crippen molar-refractivity contribution < 1.29 is 9.15 Å². The Morgan fingerprint density at radius 3 is 2.62 bits per heavy atom. The van der Waals surface area contributed by atoms with Gasteiger partial charge >= 0.3 is 0 Å². The van der Waals surface area contributed by atoms with Gasteiger partial charge in [-0.3, -0.25) is 14.8 Å². The van der Waals surface area contributed by atoms with E-state index in [9.17, 15) is 0 Å². The number of rotatable bonds is 5. The molecule has 2 aromatic rings. The molecule has 0 bridgehead atoms. The van der Waals surface area contributed by atoms with Crippen molar-refractivity contribution in [3.63, 3.8) is 0 Å². The minimum Gasteiger partial charge on any atom is -0.424 e. The average molecular weight is 357 g/mol. The Labute approximate surface area is 154 Å². The summed E-state index contributed by atoms with van der Waals surface area (Å²) in [7, 11) is 0. The summed E-state index contributed by atoms with van der Waals surface area (Å²) >= 11 is 0. The zero-order chi connectivity index (χ0) is 17.8. The van der Waals surface area contributed by atoms with E-state index >= 15 is 0 Å². The van der Waals surface area contributed by atoms with Gasteiger partial charge in [-0.1, -0.05) is 13.0 Å². The van der Waals surface area contributed by atoms with Crippen LogP contribution in [0.2, 0.25) is 0 Å². The van der Waals surface area contributed by atoms with E-state index in [0.717, 1.165) is 70.8 Å². The van der Waals surface area contributed by atoms with E-state index in [4.69, 9.17) is 9.15 Å². The number of aromatic nitrogens is 3. The molecule has 2 fully saturated rings. The lowest BCUT2D eigenvalue weighted by molar-refractivity contribution is -0.139. The molecule has 0 aromatic carbocycles. The third kappa shape index (κ3) is 4.11. The predicted octanol–water partition coefficient (Wildman–Crippen LogP) is 1.89. The molecule has 0 atom stereocenters. The van der Waals surface area contributed by atoms with Crippen molar-refractivity contribution in [2.24, 2.45) is 0 Å². The molecular weight excluding hydrogens is 330 g/mol. The highest BCUT2D eigenvalue weighted by atomic mass is 16.5. The Kier molecular flexibility index (Phi) is 5.28. The van der Waals surface area contributed by atoms with Crippen LogP contribution in [0.15, 0.2) is 28.8 Å². The van der Waals surface area contributed by atoms with Crippen LogP contribution in [0.3, 0.4) is 0 Å². The van der Waals surface area contributed by atoms with Gasteiger partial charge in [0, 0.05) is 45.3 Å². The van der Waals surface area contributed by atoms with Crippen molar-refractivity contribution in [1.29, 1.82) is 0 Å². The van der Waals surface area contributed by atoms with E-state index in [-0.39, 0.29) is 5.60 Å². The number of morpholine rings is 1.